The molecule has 0 saturated carbocycles. The van der Waals surface area contributed by atoms with E-state index in [1.165, 1.54) is 4.90 Å². The number of hydrogen-bond acceptors (Lipinski definition) is 4. The number of benzene rings is 1. The predicted octanol–water partition coefficient (Wildman–Crippen LogP) is 7.43. The number of hydrogen-bond donors (Lipinski definition) is 1. The second kappa shape index (κ2) is 9.89. The van der Waals surface area contributed by atoms with E-state index in [4.69, 9.17) is 4.43 Å². The molecule has 2 rings (SSSR count). The average molecular weight is 475 g/mol. The van der Waals surface area contributed by atoms with Crippen molar-refractivity contribution in [3.63, 3.8) is 0 Å². The van der Waals surface area contributed by atoms with Gasteiger partial charge in [-0.2, -0.15) is 0 Å². The van der Waals surface area contributed by atoms with Gasteiger partial charge in [-0.1, -0.05) is 45.1 Å². The Hall–Kier alpha value is -1.96. The summed E-state index contributed by atoms with van der Waals surface area (Å²) in [6.07, 6.45) is 3.19. The molecule has 0 aliphatic heterocycles. The van der Waals surface area contributed by atoms with E-state index in [1.54, 1.807) is 11.3 Å². The fourth-order valence-electron chi connectivity index (χ4n) is 3.02. The van der Waals surface area contributed by atoms with Gasteiger partial charge in [0.1, 0.15) is 0 Å². The lowest BCUT2D eigenvalue weighted by Crippen LogP contribution is -2.44. The molecule has 1 N–H and O–H groups in total. The SMILES string of the molecule is Cc1ncsc1-c1ccc(CN(C(=O)O)C(C)(C)C)c(/C=C/CO[Si](C)(C)C(C)(C)C)c1. The van der Waals surface area contributed by atoms with E-state index < -0.39 is 19.9 Å². The quantitative estimate of drug-likeness (QED) is 0.424. The Balaban J connectivity index is 2.37. The Morgan fingerprint density at radius 2 is 1.88 bits per heavy atom. The second-order valence-electron chi connectivity index (χ2n) is 10.7. The molecule has 7 heteroatoms. The maximum Gasteiger partial charge on any atom is 0.408 e. The summed E-state index contributed by atoms with van der Waals surface area (Å²) in [5.74, 6) is 0. The molecule has 1 aromatic heterocycles. The number of amides is 1. The molecule has 0 fully saturated rings. The predicted molar refractivity (Wildman–Crippen MR) is 138 cm³/mol. The molecule has 0 spiro atoms. The number of rotatable bonds is 7. The van der Waals surface area contributed by atoms with Crippen molar-refractivity contribution in [1.82, 2.24) is 9.88 Å². The third-order valence-corrected chi connectivity index (χ3v) is 11.6. The van der Waals surface area contributed by atoms with Crippen LogP contribution < -0.4 is 0 Å². The number of carboxylic acid groups (broad SMARTS) is 1. The lowest BCUT2D eigenvalue weighted by Gasteiger charge is -2.35. The Morgan fingerprint density at radius 3 is 2.38 bits per heavy atom. The third kappa shape index (κ3) is 6.53. The second-order valence-corrected chi connectivity index (χ2v) is 16.4. The average Bonchev–Trinajstić information content (AvgIpc) is 3.07. The van der Waals surface area contributed by atoms with Gasteiger partial charge < -0.3 is 9.53 Å². The fourth-order valence-corrected chi connectivity index (χ4v) is 4.77. The summed E-state index contributed by atoms with van der Waals surface area (Å²) < 4.78 is 6.29. The summed E-state index contributed by atoms with van der Waals surface area (Å²) in [6.45, 7) is 19.8. The Morgan fingerprint density at radius 1 is 1.22 bits per heavy atom. The zero-order valence-electron chi connectivity index (χ0n) is 20.9. The maximum absolute atomic E-state index is 11.9. The molecule has 0 radical (unpaired) electrons. The van der Waals surface area contributed by atoms with E-state index in [9.17, 15) is 9.90 Å². The molecule has 1 amide bonds. The van der Waals surface area contributed by atoms with Crippen molar-refractivity contribution in [3.8, 4) is 10.4 Å². The molecule has 0 aliphatic carbocycles. The normalized spacial score (nSPS) is 13.0. The van der Waals surface area contributed by atoms with Crippen LogP contribution in [0.3, 0.4) is 0 Å². The van der Waals surface area contributed by atoms with Crippen LogP contribution in [0.5, 0.6) is 0 Å². The minimum absolute atomic E-state index is 0.157. The van der Waals surface area contributed by atoms with Crippen LogP contribution in [0.4, 0.5) is 4.79 Å². The summed E-state index contributed by atoms with van der Waals surface area (Å²) in [7, 11) is -1.83. The van der Waals surface area contributed by atoms with Gasteiger partial charge in [0.2, 0.25) is 0 Å². The summed E-state index contributed by atoms with van der Waals surface area (Å²) in [4.78, 5) is 18.9. The van der Waals surface area contributed by atoms with Gasteiger partial charge in [-0.15, -0.1) is 11.3 Å². The van der Waals surface area contributed by atoms with E-state index in [0.717, 1.165) is 27.3 Å². The lowest BCUT2D eigenvalue weighted by atomic mass is 9.99. The number of aryl methyl sites for hydroxylation is 1. The summed E-state index contributed by atoms with van der Waals surface area (Å²) in [5, 5.41) is 9.93. The van der Waals surface area contributed by atoms with Gasteiger partial charge in [0.05, 0.1) is 29.2 Å². The van der Waals surface area contributed by atoms with Crippen LogP contribution in [0, 0.1) is 6.92 Å². The Bertz CT molecular complexity index is 968. The monoisotopic (exact) mass is 474 g/mol. The summed E-state index contributed by atoms with van der Waals surface area (Å²) >= 11 is 1.62. The molecule has 0 atom stereocenters. The third-order valence-electron chi connectivity index (χ3n) is 6.17. The van der Waals surface area contributed by atoms with Crippen molar-refractivity contribution in [2.45, 2.75) is 78.7 Å². The van der Waals surface area contributed by atoms with Crippen molar-refractivity contribution in [2.24, 2.45) is 0 Å². The Kier molecular flexibility index (Phi) is 8.13. The highest BCUT2D eigenvalue weighted by atomic mass is 32.1. The Labute approximate surface area is 198 Å². The number of carbonyl (C=O) groups is 1. The molecule has 0 saturated heterocycles. The molecule has 0 unspecified atom stereocenters. The molecular weight excluding hydrogens is 436 g/mol. The van der Waals surface area contributed by atoms with Gasteiger partial charge in [-0.05, 0) is 68.6 Å². The fraction of sp³-hybridized carbons (Fsp3) is 0.520. The van der Waals surface area contributed by atoms with Gasteiger partial charge in [0.25, 0.3) is 0 Å². The first-order valence-electron chi connectivity index (χ1n) is 11.0. The van der Waals surface area contributed by atoms with E-state index >= 15 is 0 Å². The molecular formula is C25H38N2O3SSi. The highest BCUT2D eigenvalue weighted by Crippen LogP contribution is 2.36. The number of thiazole rings is 1. The van der Waals surface area contributed by atoms with Gasteiger partial charge >= 0.3 is 6.09 Å². The number of nitrogens with zero attached hydrogens (tertiary/aromatic N) is 2. The molecule has 5 nitrogen and oxygen atoms in total. The van der Waals surface area contributed by atoms with Crippen molar-refractivity contribution in [1.29, 1.82) is 0 Å². The van der Waals surface area contributed by atoms with Crippen molar-refractivity contribution in [3.05, 3.63) is 46.6 Å². The zero-order valence-corrected chi connectivity index (χ0v) is 22.8. The van der Waals surface area contributed by atoms with Crippen molar-refractivity contribution in [2.75, 3.05) is 6.61 Å². The van der Waals surface area contributed by atoms with Crippen LogP contribution >= 0.6 is 11.3 Å². The first-order valence-corrected chi connectivity index (χ1v) is 14.8. The molecule has 0 aliphatic rings. The van der Waals surface area contributed by atoms with Crippen LogP contribution in [-0.2, 0) is 11.0 Å². The molecule has 1 aromatic carbocycles. The zero-order chi connectivity index (χ0) is 24.3. The first kappa shape index (κ1) is 26.3. The molecule has 1 heterocycles. The van der Waals surface area contributed by atoms with E-state index in [1.807, 2.05) is 45.3 Å². The topological polar surface area (TPSA) is 62.7 Å². The van der Waals surface area contributed by atoms with Crippen LogP contribution in [0.1, 0.15) is 58.4 Å². The van der Waals surface area contributed by atoms with Crippen molar-refractivity contribution >= 4 is 31.8 Å². The number of aromatic nitrogens is 1. The van der Waals surface area contributed by atoms with Crippen molar-refractivity contribution < 1.29 is 14.3 Å². The minimum atomic E-state index is -1.83. The summed E-state index contributed by atoms with van der Waals surface area (Å²) in [5.41, 5.74) is 5.43. The van der Waals surface area contributed by atoms with Gasteiger partial charge in [0.15, 0.2) is 8.32 Å². The molecule has 176 valence electrons. The highest BCUT2D eigenvalue weighted by molar-refractivity contribution is 7.13. The van der Waals surface area contributed by atoms with Gasteiger partial charge in [-0.25, -0.2) is 9.78 Å². The summed E-state index contributed by atoms with van der Waals surface area (Å²) in [6, 6.07) is 6.22. The minimum Gasteiger partial charge on any atom is -0.465 e. The highest BCUT2D eigenvalue weighted by Gasteiger charge is 2.36. The van der Waals surface area contributed by atoms with Crippen LogP contribution in [0.15, 0.2) is 29.8 Å². The molecule has 2 aromatic rings. The first-order chi connectivity index (χ1) is 14.6. The van der Waals surface area contributed by atoms with E-state index in [2.05, 4.69) is 57.1 Å². The van der Waals surface area contributed by atoms with Crippen LogP contribution in [0.25, 0.3) is 16.5 Å². The molecule has 0 bridgehead atoms. The van der Waals surface area contributed by atoms with Crippen LogP contribution in [0.2, 0.25) is 18.1 Å². The smallest absolute Gasteiger partial charge is 0.408 e. The lowest BCUT2D eigenvalue weighted by molar-refractivity contribution is 0.0955. The largest absolute Gasteiger partial charge is 0.465 e. The van der Waals surface area contributed by atoms with Gasteiger partial charge in [0, 0.05) is 5.54 Å². The van der Waals surface area contributed by atoms with E-state index in [-0.39, 0.29) is 5.04 Å². The van der Waals surface area contributed by atoms with E-state index in [0.29, 0.717) is 13.2 Å². The van der Waals surface area contributed by atoms with Gasteiger partial charge in [-0.3, -0.25) is 4.90 Å². The molecule has 32 heavy (non-hydrogen) atoms. The standard InChI is InChI=1S/C25H38N2O3SSi/c1-18-22(31-17-26-18)20-12-13-21(16-27(23(28)29)24(2,3)4)19(15-20)11-10-14-30-32(8,9)25(5,6)7/h10-13,15,17H,14,16H2,1-9H3,(H,28,29)/b11-10+. The van der Waals surface area contributed by atoms with Crippen LogP contribution in [-0.4, -0.2) is 41.5 Å². The maximum atomic E-state index is 11.9.